The van der Waals surface area contributed by atoms with Crippen LogP contribution < -0.4 is 20.8 Å². The highest BCUT2D eigenvalue weighted by Gasteiger charge is 2.61. The number of amidine groups is 4. The molecule has 0 aliphatic carbocycles. The van der Waals surface area contributed by atoms with E-state index < -0.39 is 21.1 Å². The highest BCUT2D eigenvalue weighted by Crippen LogP contribution is 2.45. The van der Waals surface area contributed by atoms with Gasteiger partial charge in [-0.05, 0) is 48.5 Å². The lowest BCUT2D eigenvalue weighted by Gasteiger charge is -2.35. The first-order valence-electron chi connectivity index (χ1n) is 23.5. The minimum atomic E-state index is -5.45. The third-order valence-corrected chi connectivity index (χ3v) is 16.0. The molecule has 2 amide bonds. The first-order valence-corrected chi connectivity index (χ1v) is 25.3. The van der Waals surface area contributed by atoms with Crippen molar-refractivity contribution in [2.45, 2.75) is 0 Å². The van der Waals surface area contributed by atoms with Gasteiger partial charge >= 0.3 is 21.1 Å². The van der Waals surface area contributed by atoms with Gasteiger partial charge in [-0.15, -0.1) is 0 Å². The predicted molar refractivity (Wildman–Crippen MR) is 284 cm³/mol. The van der Waals surface area contributed by atoms with Crippen LogP contribution in [0.15, 0.2) is 248 Å². The van der Waals surface area contributed by atoms with Crippen LogP contribution in [-0.2, 0) is 8.85 Å². The van der Waals surface area contributed by atoms with Crippen molar-refractivity contribution in [2.24, 2.45) is 30.0 Å². The highest BCUT2D eigenvalue weighted by atomic mass is 28.4. The van der Waals surface area contributed by atoms with Crippen molar-refractivity contribution < 1.29 is 18.4 Å². The normalized spacial score (nSPS) is 16.6. The van der Waals surface area contributed by atoms with Gasteiger partial charge < -0.3 is 8.85 Å². The quantitative estimate of drug-likeness (QED) is 0.153. The number of benzene rings is 8. The number of carbonyl (C=O) groups is 2. The number of anilines is 4. The van der Waals surface area contributed by atoms with Crippen molar-refractivity contribution in [3.05, 3.63) is 252 Å². The molecule has 346 valence electrons. The Balaban J connectivity index is 1.20. The SMILES string of the molecule is O=C(O[Si]1(OC(=O)N(c2ccccc2)c2ccccc2)n2c3c4ccccc4c2/N=C2N=C(/N=c4/c5ccccc5/c(n41)=N/C1=NC(=N\3)/c3ccccc31)c1ccccc1\2)N(c1ccccc1)c1ccccc1. The summed E-state index contributed by atoms with van der Waals surface area (Å²) in [7, 11) is -5.45. The second kappa shape index (κ2) is 16.5. The third-order valence-electron chi connectivity index (χ3n) is 13.2. The fourth-order valence-electron chi connectivity index (χ4n) is 9.98. The number of aromatic nitrogens is 2. The Morgan fingerprint density at radius 1 is 0.329 bits per heavy atom. The largest absolute Gasteiger partial charge is 0.744 e. The maximum Gasteiger partial charge on any atom is 0.744 e. The van der Waals surface area contributed by atoms with Crippen molar-refractivity contribution in [1.82, 2.24) is 8.47 Å². The first-order chi connectivity index (χ1) is 36.0. The summed E-state index contributed by atoms with van der Waals surface area (Å²) >= 11 is 0. The van der Waals surface area contributed by atoms with Gasteiger partial charge in [-0.1, -0.05) is 170 Å². The maximum absolute atomic E-state index is 16.4. The van der Waals surface area contributed by atoms with Crippen LogP contribution in [0.4, 0.5) is 44.0 Å². The molecule has 0 saturated carbocycles. The zero-order chi connectivity index (χ0) is 48.6. The Bertz CT molecular complexity index is 3870. The van der Waals surface area contributed by atoms with Crippen LogP contribution in [0.5, 0.6) is 0 Å². The van der Waals surface area contributed by atoms with E-state index in [1.807, 2.05) is 218 Å². The molecule has 0 N–H and O–H groups in total. The van der Waals surface area contributed by atoms with Crippen molar-refractivity contribution >= 4 is 100 Å². The summed E-state index contributed by atoms with van der Waals surface area (Å²) < 4.78 is 18.4. The predicted octanol–water partition coefficient (Wildman–Crippen LogP) is 11.3. The van der Waals surface area contributed by atoms with Crippen molar-refractivity contribution in [1.29, 1.82) is 0 Å². The summed E-state index contributed by atoms with van der Waals surface area (Å²) in [6.45, 7) is 0. The van der Waals surface area contributed by atoms with Gasteiger partial charge in [0.2, 0.25) is 0 Å². The Morgan fingerprint density at radius 3 is 0.959 bits per heavy atom. The lowest BCUT2D eigenvalue weighted by molar-refractivity contribution is 0.164. The molecule has 0 saturated heterocycles. The first kappa shape index (κ1) is 41.8. The number of hydrogen-bond acceptors (Lipinski definition) is 10. The fourth-order valence-corrected chi connectivity index (χ4v) is 13.0. The van der Waals surface area contributed by atoms with Crippen LogP contribution in [0.2, 0.25) is 0 Å². The van der Waals surface area contributed by atoms with Crippen LogP contribution in [0.1, 0.15) is 22.3 Å². The Labute approximate surface area is 416 Å². The maximum atomic E-state index is 16.4. The molecule has 2 aromatic heterocycles. The molecule has 6 bridgehead atoms. The zero-order valence-corrected chi connectivity index (χ0v) is 39.4. The van der Waals surface area contributed by atoms with Crippen molar-refractivity contribution in [3.63, 3.8) is 0 Å². The number of fused-ring (bicyclic) bond motifs is 14. The van der Waals surface area contributed by atoms with E-state index in [1.54, 1.807) is 8.47 Å². The number of aliphatic imine (C=N–C) groups is 4. The van der Waals surface area contributed by atoms with Gasteiger partial charge in [0.1, 0.15) is 22.6 Å². The van der Waals surface area contributed by atoms with Gasteiger partial charge in [-0.3, -0.25) is 8.47 Å². The van der Waals surface area contributed by atoms with E-state index in [2.05, 4.69) is 0 Å². The summed E-state index contributed by atoms with van der Waals surface area (Å²) in [5.41, 5.74) is 5.36. The second-order valence-corrected chi connectivity index (χ2v) is 19.8. The van der Waals surface area contributed by atoms with Gasteiger partial charge in [-0.25, -0.2) is 49.3 Å². The van der Waals surface area contributed by atoms with Crippen LogP contribution in [-0.4, -0.2) is 52.9 Å². The smallest absolute Gasteiger partial charge is 0.435 e. The number of carbonyl (C=O) groups excluding carboxylic acids is 2. The van der Waals surface area contributed by atoms with Gasteiger partial charge in [0.25, 0.3) is 0 Å². The van der Waals surface area contributed by atoms with E-state index in [1.165, 1.54) is 9.80 Å². The molecular formula is C58H36N10O4Si. The summed E-state index contributed by atoms with van der Waals surface area (Å²) in [4.78, 5) is 67.9. The number of hydrogen-bond donors (Lipinski definition) is 0. The van der Waals surface area contributed by atoms with Gasteiger partial charge in [0.05, 0.1) is 22.7 Å². The number of rotatable bonds is 6. The Morgan fingerprint density at radius 2 is 0.616 bits per heavy atom. The van der Waals surface area contributed by atoms with Crippen LogP contribution in [0.3, 0.4) is 0 Å². The number of nitrogens with zero attached hydrogens (tertiary/aromatic N) is 10. The highest BCUT2D eigenvalue weighted by molar-refractivity contribution is 6.69. The van der Waals surface area contributed by atoms with E-state index in [0.29, 0.717) is 67.6 Å². The third kappa shape index (κ3) is 6.56. The molecule has 14 rings (SSSR count). The van der Waals surface area contributed by atoms with Crippen LogP contribution in [0.25, 0.3) is 21.5 Å². The molecule has 0 spiro atoms. The molecule has 8 aromatic carbocycles. The molecule has 6 heterocycles. The van der Waals surface area contributed by atoms with E-state index in [0.717, 1.165) is 22.3 Å². The molecular weight excluding hydrogens is 929 g/mol. The molecule has 0 fully saturated rings. The molecule has 4 aliphatic rings. The van der Waals surface area contributed by atoms with E-state index in [9.17, 15) is 0 Å². The average Bonchev–Trinajstić information content (AvgIpc) is 4.16. The molecule has 0 atom stereocenters. The summed E-state index contributed by atoms with van der Waals surface area (Å²) in [5.74, 6) is 1.88. The Hall–Kier alpha value is -10.1. The minimum Gasteiger partial charge on any atom is -0.435 e. The van der Waals surface area contributed by atoms with Crippen LogP contribution >= 0.6 is 0 Å². The van der Waals surface area contributed by atoms with Crippen LogP contribution in [0, 0.1) is 0 Å². The zero-order valence-electron chi connectivity index (χ0n) is 38.4. The van der Waals surface area contributed by atoms with Crippen molar-refractivity contribution in [3.8, 4) is 0 Å². The summed E-state index contributed by atoms with van der Waals surface area (Å²) in [6.07, 6.45) is -1.76. The fraction of sp³-hybridized carbons (Fsp3) is 0. The number of para-hydroxylation sites is 4. The lowest BCUT2D eigenvalue weighted by atomic mass is 10.1. The monoisotopic (exact) mass is 964 g/mol. The van der Waals surface area contributed by atoms with Gasteiger partial charge in [0.15, 0.2) is 23.3 Å². The van der Waals surface area contributed by atoms with Gasteiger partial charge in [-0.2, -0.15) is 0 Å². The Kier molecular flexibility index (Phi) is 9.45. The molecule has 14 nitrogen and oxygen atoms in total. The molecule has 15 heteroatoms. The second-order valence-electron chi connectivity index (χ2n) is 17.4. The molecule has 0 radical (unpaired) electrons. The lowest BCUT2D eigenvalue weighted by Crippen LogP contribution is -2.66. The average molecular weight is 965 g/mol. The summed E-state index contributed by atoms with van der Waals surface area (Å²) in [6, 6.07) is 67.6. The molecule has 0 unspecified atom stereocenters. The number of amides is 2. The summed E-state index contributed by atoms with van der Waals surface area (Å²) in [5, 5.41) is 2.42. The van der Waals surface area contributed by atoms with Gasteiger partial charge in [0, 0.05) is 43.8 Å². The molecule has 73 heavy (non-hydrogen) atoms. The standard InChI is InChI=1S/C58H36N10O4Si/c69-57(65(37-21-5-1-6-22-37)38-23-7-2-8-24-38)71-73(72-58(70)66(39-25-9-3-10-26-39)40-27-11-4-12-28-40)67-53-45-33-17-18-34-46(45)55(67)63-51-43-31-15-16-32-44(43)52(60-51)64-56-48-36-20-19-35-47(48)54(68(56)73)62-50-42-30-14-13-29-41(42)49(59-50)61-53/h1-36H/b61-49-,61-53?,62-50?,62-54-,63-51-,63-55?,64-52?,64-56-. The van der Waals surface area contributed by atoms with E-state index in [-0.39, 0.29) is 22.6 Å². The topological polar surface area (TPSA) is 143 Å². The van der Waals surface area contributed by atoms with E-state index in [4.69, 9.17) is 38.8 Å². The molecule has 4 aliphatic heterocycles. The van der Waals surface area contributed by atoms with E-state index >= 15 is 9.59 Å². The molecule has 10 aromatic rings. The van der Waals surface area contributed by atoms with Crippen molar-refractivity contribution in [2.75, 3.05) is 9.80 Å². The minimum absolute atomic E-state index is 0.251.